The van der Waals surface area contributed by atoms with Gasteiger partial charge in [0.1, 0.15) is 11.5 Å². The third kappa shape index (κ3) is 3.69. The van der Waals surface area contributed by atoms with E-state index in [1.165, 1.54) is 13.1 Å². The predicted molar refractivity (Wildman–Crippen MR) is 69.1 cm³/mol. The van der Waals surface area contributed by atoms with E-state index < -0.39 is 10.0 Å². The summed E-state index contributed by atoms with van der Waals surface area (Å²) in [6.07, 6.45) is 2.41. The van der Waals surface area contributed by atoms with Crippen LogP contribution >= 0.6 is 0 Å². The summed E-state index contributed by atoms with van der Waals surface area (Å²) in [5.74, 6) is 1.48. The van der Waals surface area contributed by atoms with E-state index in [1.807, 2.05) is 12.1 Å². The molecule has 104 valence electrons. The minimum atomic E-state index is -3.50. The van der Waals surface area contributed by atoms with Gasteiger partial charge in [-0.25, -0.2) is 13.1 Å². The second-order valence-electron chi connectivity index (χ2n) is 3.93. The van der Waals surface area contributed by atoms with Gasteiger partial charge in [0.15, 0.2) is 0 Å². The molecule has 0 fully saturated rings. The molecule has 2 rings (SSSR count). The molecular weight excluding hydrogens is 268 g/mol. The Hall–Kier alpha value is -1.57. The van der Waals surface area contributed by atoms with Crippen LogP contribution in [0.1, 0.15) is 11.5 Å². The zero-order chi connectivity index (χ0) is 13.7. The van der Waals surface area contributed by atoms with Crippen LogP contribution in [0.5, 0.6) is 0 Å². The van der Waals surface area contributed by atoms with Crippen LogP contribution in [0, 0.1) is 0 Å². The molecule has 0 radical (unpaired) electrons. The van der Waals surface area contributed by atoms with E-state index in [0.717, 1.165) is 18.7 Å². The lowest BCUT2D eigenvalue weighted by atomic mass is 10.3. The van der Waals surface area contributed by atoms with E-state index in [0.29, 0.717) is 12.3 Å². The highest BCUT2D eigenvalue weighted by Gasteiger charge is 2.15. The fourth-order valence-electron chi connectivity index (χ4n) is 1.58. The van der Waals surface area contributed by atoms with Crippen LogP contribution in [0.4, 0.5) is 0 Å². The highest BCUT2D eigenvalue weighted by Crippen LogP contribution is 2.13. The van der Waals surface area contributed by atoms with Gasteiger partial charge in [-0.2, -0.15) is 0 Å². The van der Waals surface area contributed by atoms with Gasteiger partial charge in [-0.3, -0.25) is 0 Å². The molecular formula is C12H16N2O4S. The van der Waals surface area contributed by atoms with E-state index in [1.54, 1.807) is 12.3 Å². The topological polar surface area (TPSA) is 84.5 Å². The number of nitrogens with one attached hydrogen (secondary N) is 2. The largest absolute Gasteiger partial charge is 0.469 e. The lowest BCUT2D eigenvalue weighted by Gasteiger charge is -2.01. The van der Waals surface area contributed by atoms with Crippen molar-refractivity contribution in [2.24, 2.45) is 0 Å². The first kappa shape index (κ1) is 13.9. The molecule has 0 saturated heterocycles. The summed E-state index contributed by atoms with van der Waals surface area (Å²) in [5.41, 5.74) is 0. The highest BCUT2D eigenvalue weighted by atomic mass is 32.2. The summed E-state index contributed by atoms with van der Waals surface area (Å²) in [6.45, 7) is 1.20. The van der Waals surface area contributed by atoms with E-state index >= 15 is 0 Å². The molecule has 0 aliphatic rings. The van der Waals surface area contributed by atoms with Gasteiger partial charge < -0.3 is 14.2 Å². The Bertz CT molecular complexity index is 601. The summed E-state index contributed by atoms with van der Waals surface area (Å²) in [7, 11) is -2.16. The first-order valence-electron chi connectivity index (χ1n) is 5.87. The van der Waals surface area contributed by atoms with Crippen molar-refractivity contribution in [3.05, 3.63) is 42.0 Å². The van der Waals surface area contributed by atoms with Crippen LogP contribution in [0.3, 0.4) is 0 Å². The van der Waals surface area contributed by atoms with Crippen molar-refractivity contribution in [2.75, 3.05) is 13.6 Å². The molecule has 0 aliphatic carbocycles. The molecule has 2 heterocycles. The molecule has 6 nitrogen and oxygen atoms in total. The number of hydrogen-bond donors (Lipinski definition) is 2. The van der Waals surface area contributed by atoms with Crippen molar-refractivity contribution in [2.45, 2.75) is 18.1 Å². The number of rotatable bonds is 7. The van der Waals surface area contributed by atoms with E-state index in [9.17, 15) is 8.42 Å². The van der Waals surface area contributed by atoms with Gasteiger partial charge in [0.05, 0.1) is 12.8 Å². The van der Waals surface area contributed by atoms with Crippen LogP contribution in [0.15, 0.2) is 44.5 Å². The molecule has 0 amide bonds. The van der Waals surface area contributed by atoms with Crippen LogP contribution in [0.25, 0.3) is 0 Å². The Morgan fingerprint density at radius 3 is 2.74 bits per heavy atom. The Morgan fingerprint density at radius 2 is 2.05 bits per heavy atom. The van der Waals surface area contributed by atoms with Gasteiger partial charge >= 0.3 is 0 Å². The number of furan rings is 2. The molecule has 2 aromatic rings. The second kappa shape index (κ2) is 6.05. The first-order chi connectivity index (χ1) is 9.12. The molecule has 0 saturated carbocycles. The molecule has 0 atom stereocenters. The number of hydrogen-bond acceptors (Lipinski definition) is 5. The van der Waals surface area contributed by atoms with Gasteiger partial charge in [-0.05, 0) is 31.3 Å². The normalized spacial score (nSPS) is 11.8. The average Bonchev–Trinajstić information content (AvgIpc) is 3.06. The summed E-state index contributed by atoms with van der Waals surface area (Å²) in [6, 6.07) is 6.84. The van der Waals surface area contributed by atoms with Crippen LogP contribution in [-0.4, -0.2) is 22.0 Å². The fraction of sp³-hybridized carbons (Fsp3) is 0.333. The van der Waals surface area contributed by atoms with Crippen LogP contribution in [-0.2, 0) is 23.0 Å². The van der Waals surface area contributed by atoms with Gasteiger partial charge in [-0.1, -0.05) is 0 Å². The molecule has 7 heteroatoms. The van der Waals surface area contributed by atoms with Gasteiger partial charge in [-0.15, -0.1) is 0 Å². The quantitative estimate of drug-likeness (QED) is 0.744. The molecule has 0 aliphatic heterocycles. The lowest BCUT2D eigenvalue weighted by Crippen LogP contribution is -2.18. The Labute approximate surface area is 111 Å². The van der Waals surface area contributed by atoms with Gasteiger partial charge in [0.2, 0.25) is 5.09 Å². The zero-order valence-electron chi connectivity index (χ0n) is 10.5. The molecule has 0 bridgehead atoms. The van der Waals surface area contributed by atoms with Crippen molar-refractivity contribution < 1.29 is 17.3 Å². The monoisotopic (exact) mass is 284 g/mol. The third-order valence-electron chi connectivity index (χ3n) is 2.60. The minimum absolute atomic E-state index is 0.0714. The van der Waals surface area contributed by atoms with Crippen LogP contribution < -0.4 is 10.0 Å². The van der Waals surface area contributed by atoms with Crippen LogP contribution in [0.2, 0.25) is 0 Å². The molecule has 0 spiro atoms. The summed E-state index contributed by atoms with van der Waals surface area (Å²) >= 11 is 0. The Balaban J connectivity index is 1.81. The first-order valence-corrected chi connectivity index (χ1v) is 7.35. The third-order valence-corrected chi connectivity index (χ3v) is 3.88. The maximum Gasteiger partial charge on any atom is 0.273 e. The average molecular weight is 284 g/mol. The van der Waals surface area contributed by atoms with E-state index in [4.69, 9.17) is 8.83 Å². The summed E-state index contributed by atoms with van der Waals surface area (Å²) < 4.78 is 35.6. The summed E-state index contributed by atoms with van der Waals surface area (Å²) in [5, 5.41) is 3.08. The smallest absolute Gasteiger partial charge is 0.273 e. The maximum atomic E-state index is 11.5. The van der Waals surface area contributed by atoms with Crippen molar-refractivity contribution in [3.8, 4) is 0 Å². The SMILES string of the molecule is CNS(=O)(=O)c1ccc(CNCCc2ccco2)o1. The fourth-order valence-corrected chi connectivity index (χ4v) is 2.24. The maximum absolute atomic E-state index is 11.5. The van der Waals surface area contributed by atoms with Gasteiger partial charge in [0.25, 0.3) is 10.0 Å². The standard InChI is InChI=1S/C12H16N2O4S/c1-13-19(15,16)12-5-4-11(18-12)9-14-7-6-10-3-2-8-17-10/h2-5,8,13-14H,6-7,9H2,1H3. The van der Waals surface area contributed by atoms with Crippen molar-refractivity contribution >= 4 is 10.0 Å². The van der Waals surface area contributed by atoms with Crippen molar-refractivity contribution in [1.82, 2.24) is 10.0 Å². The lowest BCUT2D eigenvalue weighted by molar-refractivity contribution is 0.399. The Kier molecular flexibility index (Phi) is 4.41. The van der Waals surface area contributed by atoms with E-state index in [2.05, 4.69) is 10.0 Å². The molecule has 19 heavy (non-hydrogen) atoms. The molecule has 2 aromatic heterocycles. The Morgan fingerprint density at radius 1 is 1.21 bits per heavy atom. The minimum Gasteiger partial charge on any atom is -0.469 e. The molecule has 2 N–H and O–H groups in total. The predicted octanol–water partition coefficient (Wildman–Crippen LogP) is 1.11. The molecule has 0 aromatic carbocycles. The second-order valence-corrected chi connectivity index (χ2v) is 5.75. The highest BCUT2D eigenvalue weighted by molar-refractivity contribution is 7.89. The summed E-state index contributed by atoms with van der Waals surface area (Å²) in [4.78, 5) is 0. The molecule has 0 unspecified atom stereocenters. The van der Waals surface area contributed by atoms with Crippen molar-refractivity contribution in [1.29, 1.82) is 0 Å². The number of sulfonamides is 1. The van der Waals surface area contributed by atoms with E-state index in [-0.39, 0.29) is 5.09 Å². The van der Waals surface area contributed by atoms with Gasteiger partial charge in [0, 0.05) is 13.0 Å². The zero-order valence-corrected chi connectivity index (χ0v) is 11.4. The van der Waals surface area contributed by atoms with Crippen molar-refractivity contribution in [3.63, 3.8) is 0 Å².